The maximum Gasteiger partial charge on any atom is 0.273 e. The number of para-hydroxylation sites is 1. The van der Waals surface area contributed by atoms with Gasteiger partial charge in [-0.3, -0.25) is 25.0 Å². The van der Waals surface area contributed by atoms with Crippen LogP contribution in [-0.2, 0) is 11.2 Å². The molecule has 10 nitrogen and oxygen atoms in total. The molecule has 0 aliphatic rings. The number of non-ortho nitro benzene ring substituents is 1. The van der Waals surface area contributed by atoms with E-state index in [4.69, 9.17) is 4.42 Å². The third kappa shape index (κ3) is 4.89. The topological polar surface area (TPSA) is 141 Å². The zero-order valence-corrected chi connectivity index (χ0v) is 14.8. The van der Waals surface area contributed by atoms with Crippen molar-refractivity contribution < 1.29 is 19.1 Å². The first-order valence-electron chi connectivity index (χ1n) is 8.33. The molecule has 0 saturated heterocycles. The summed E-state index contributed by atoms with van der Waals surface area (Å²) in [5.41, 5.74) is 2.88. The molecule has 3 aromatic rings. The Kier molecular flexibility index (Phi) is 5.74. The Bertz CT molecular complexity index is 1110. The van der Waals surface area contributed by atoms with Gasteiger partial charge in [0.1, 0.15) is 11.5 Å². The number of nitrogens with one attached hydrogen (secondary N) is 1. The van der Waals surface area contributed by atoms with Gasteiger partial charge in [-0.15, -0.1) is 0 Å². The molecule has 0 spiro atoms. The summed E-state index contributed by atoms with van der Waals surface area (Å²) in [4.78, 5) is 32.7. The number of nitro benzene ring substituents is 2. The minimum absolute atomic E-state index is 0.0589. The number of hydrogen-bond donors (Lipinski definition) is 1. The summed E-state index contributed by atoms with van der Waals surface area (Å²) in [5, 5.41) is 25.6. The molecule has 0 fully saturated rings. The van der Waals surface area contributed by atoms with Gasteiger partial charge in [0.2, 0.25) is 5.91 Å². The third-order valence-corrected chi connectivity index (χ3v) is 3.89. The minimum Gasteiger partial charge on any atom is -0.455 e. The molecule has 10 heteroatoms. The number of hydrogen-bond acceptors (Lipinski definition) is 7. The first-order chi connectivity index (χ1) is 13.9. The van der Waals surface area contributed by atoms with Gasteiger partial charge in [0, 0.05) is 29.3 Å². The van der Waals surface area contributed by atoms with Crippen molar-refractivity contribution in [1.29, 1.82) is 0 Å². The number of hydrazone groups is 1. The van der Waals surface area contributed by atoms with E-state index >= 15 is 0 Å². The molecule has 0 atom stereocenters. The number of rotatable bonds is 7. The van der Waals surface area contributed by atoms with Crippen molar-refractivity contribution in [3.05, 3.63) is 92.2 Å². The molecule has 0 unspecified atom stereocenters. The molecule has 0 radical (unpaired) electrons. The van der Waals surface area contributed by atoms with Crippen molar-refractivity contribution in [3.63, 3.8) is 0 Å². The summed E-state index contributed by atoms with van der Waals surface area (Å²) in [7, 11) is 0. The summed E-state index contributed by atoms with van der Waals surface area (Å²) in [6.07, 6.45) is 1.06. The molecule has 0 saturated carbocycles. The second-order valence-electron chi connectivity index (χ2n) is 5.87. The van der Waals surface area contributed by atoms with Crippen LogP contribution in [0.3, 0.4) is 0 Å². The zero-order chi connectivity index (χ0) is 20.8. The fraction of sp³-hybridized carbons (Fsp3) is 0.0526. The van der Waals surface area contributed by atoms with E-state index in [-0.39, 0.29) is 23.4 Å². The molecular formula is C19H14N4O6. The van der Waals surface area contributed by atoms with Crippen molar-refractivity contribution in [3.8, 4) is 11.3 Å². The van der Waals surface area contributed by atoms with Gasteiger partial charge in [0.05, 0.1) is 22.5 Å². The van der Waals surface area contributed by atoms with E-state index in [1.807, 2.05) is 0 Å². The highest BCUT2D eigenvalue weighted by Crippen LogP contribution is 2.25. The Morgan fingerprint density at radius 3 is 2.59 bits per heavy atom. The normalized spacial score (nSPS) is 10.8. The number of furan rings is 1. The van der Waals surface area contributed by atoms with E-state index in [9.17, 15) is 25.0 Å². The van der Waals surface area contributed by atoms with Crippen LogP contribution in [0.2, 0.25) is 0 Å². The highest BCUT2D eigenvalue weighted by atomic mass is 16.6. The molecule has 0 bridgehead atoms. The van der Waals surface area contributed by atoms with Crippen LogP contribution in [0.1, 0.15) is 11.3 Å². The molecule has 29 heavy (non-hydrogen) atoms. The van der Waals surface area contributed by atoms with Crippen LogP contribution >= 0.6 is 0 Å². The number of carbonyl (C=O) groups excluding carboxylic acids is 1. The number of nitro groups is 2. The lowest BCUT2D eigenvalue weighted by Gasteiger charge is -2.01. The molecule has 1 aromatic heterocycles. The van der Waals surface area contributed by atoms with Gasteiger partial charge in [-0.05, 0) is 12.1 Å². The Balaban J connectivity index is 1.63. The van der Waals surface area contributed by atoms with Gasteiger partial charge in [-0.25, -0.2) is 5.43 Å². The summed E-state index contributed by atoms with van der Waals surface area (Å²) in [6, 6.07) is 15.1. The van der Waals surface area contributed by atoms with Gasteiger partial charge < -0.3 is 4.42 Å². The molecular weight excluding hydrogens is 380 g/mol. The lowest BCUT2D eigenvalue weighted by Crippen LogP contribution is -2.20. The molecule has 1 heterocycles. The standard InChI is InChI=1S/C19H14N4O6/c24-19(11-13-4-1-2-7-17(13)23(27)28)21-20-12-16-8-9-18(29-16)14-5-3-6-15(10-14)22(25)26/h1-10,12H,11H2,(H,21,24). The van der Waals surface area contributed by atoms with Crippen LogP contribution in [0.5, 0.6) is 0 Å². The van der Waals surface area contributed by atoms with E-state index in [1.54, 1.807) is 30.3 Å². The summed E-state index contributed by atoms with van der Waals surface area (Å²) in [5.74, 6) is 0.194. The van der Waals surface area contributed by atoms with E-state index in [0.717, 1.165) is 0 Å². The van der Waals surface area contributed by atoms with Gasteiger partial charge >= 0.3 is 0 Å². The molecule has 0 aliphatic heterocycles. The zero-order valence-electron chi connectivity index (χ0n) is 14.8. The van der Waals surface area contributed by atoms with Gasteiger partial charge in [0.15, 0.2) is 0 Å². The number of carbonyl (C=O) groups is 1. The first-order valence-corrected chi connectivity index (χ1v) is 8.33. The smallest absolute Gasteiger partial charge is 0.273 e. The maximum absolute atomic E-state index is 12.0. The van der Waals surface area contributed by atoms with Crippen LogP contribution < -0.4 is 5.43 Å². The molecule has 146 valence electrons. The summed E-state index contributed by atoms with van der Waals surface area (Å²) >= 11 is 0. The van der Waals surface area contributed by atoms with Crippen LogP contribution in [0.15, 0.2) is 70.2 Å². The van der Waals surface area contributed by atoms with Crippen molar-refractivity contribution in [2.24, 2.45) is 5.10 Å². The minimum atomic E-state index is -0.551. The van der Waals surface area contributed by atoms with Crippen molar-refractivity contribution in [1.82, 2.24) is 5.43 Å². The molecule has 0 aliphatic carbocycles. The molecule has 2 aromatic carbocycles. The van der Waals surface area contributed by atoms with Gasteiger partial charge in [-0.2, -0.15) is 5.10 Å². The second-order valence-corrected chi connectivity index (χ2v) is 5.87. The third-order valence-electron chi connectivity index (χ3n) is 3.89. The average Bonchev–Trinajstić information content (AvgIpc) is 3.17. The molecule has 3 rings (SSSR count). The molecule has 1 N–H and O–H groups in total. The van der Waals surface area contributed by atoms with Crippen molar-refractivity contribution in [2.75, 3.05) is 0 Å². The van der Waals surface area contributed by atoms with E-state index < -0.39 is 15.8 Å². The quantitative estimate of drug-likeness (QED) is 0.369. The van der Waals surface area contributed by atoms with Gasteiger partial charge in [-0.1, -0.05) is 30.3 Å². The van der Waals surface area contributed by atoms with Crippen molar-refractivity contribution in [2.45, 2.75) is 6.42 Å². The molecule has 1 amide bonds. The van der Waals surface area contributed by atoms with Gasteiger partial charge in [0.25, 0.3) is 11.4 Å². The first kappa shape index (κ1) is 19.4. The lowest BCUT2D eigenvalue weighted by molar-refractivity contribution is -0.385. The fourth-order valence-corrected chi connectivity index (χ4v) is 2.57. The maximum atomic E-state index is 12.0. The van der Waals surface area contributed by atoms with Crippen LogP contribution in [0, 0.1) is 20.2 Å². The number of nitrogens with zero attached hydrogens (tertiary/aromatic N) is 3. The number of amides is 1. The Hall–Kier alpha value is -4.34. The predicted molar refractivity (Wildman–Crippen MR) is 103 cm³/mol. The van der Waals surface area contributed by atoms with Crippen LogP contribution in [0.4, 0.5) is 11.4 Å². The Morgan fingerprint density at radius 1 is 1.03 bits per heavy atom. The van der Waals surface area contributed by atoms with E-state index in [0.29, 0.717) is 17.1 Å². The number of benzene rings is 2. The summed E-state index contributed by atoms with van der Waals surface area (Å²) in [6.45, 7) is 0. The summed E-state index contributed by atoms with van der Waals surface area (Å²) < 4.78 is 5.54. The lowest BCUT2D eigenvalue weighted by atomic mass is 10.1. The average molecular weight is 394 g/mol. The Labute approximate surface area is 163 Å². The SMILES string of the molecule is O=C(Cc1ccccc1[N+](=O)[O-])NN=Cc1ccc(-c2cccc([N+](=O)[O-])c2)o1. The van der Waals surface area contributed by atoms with Crippen LogP contribution in [0.25, 0.3) is 11.3 Å². The monoisotopic (exact) mass is 394 g/mol. The fourth-order valence-electron chi connectivity index (χ4n) is 2.57. The van der Waals surface area contributed by atoms with Crippen molar-refractivity contribution >= 4 is 23.5 Å². The second kappa shape index (κ2) is 8.57. The highest BCUT2D eigenvalue weighted by Gasteiger charge is 2.15. The Morgan fingerprint density at radius 2 is 1.83 bits per heavy atom. The van der Waals surface area contributed by atoms with E-state index in [2.05, 4.69) is 10.5 Å². The largest absolute Gasteiger partial charge is 0.455 e. The van der Waals surface area contributed by atoms with Crippen LogP contribution in [-0.4, -0.2) is 22.0 Å². The predicted octanol–water partition coefficient (Wildman–Crippen LogP) is 3.46. The highest BCUT2D eigenvalue weighted by molar-refractivity contribution is 5.82. The van der Waals surface area contributed by atoms with E-state index in [1.165, 1.54) is 36.5 Å².